The van der Waals surface area contributed by atoms with E-state index in [2.05, 4.69) is 4.98 Å². The Morgan fingerprint density at radius 3 is 2.56 bits per heavy atom. The Kier molecular flexibility index (Phi) is 2.85. The number of hydrogen-bond donors (Lipinski definition) is 0. The normalized spacial score (nSPS) is 11.4. The second-order valence-electron chi connectivity index (χ2n) is 4.33. The summed E-state index contributed by atoms with van der Waals surface area (Å²) in [5.41, 5.74) is 2.04. The molecule has 0 atom stereocenters. The minimum absolute atomic E-state index is 0.239. The number of pyridine rings is 1. The van der Waals surface area contributed by atoms with Crippen LogP contribution >= 0.6 is 11.6 Å². The smallest absolute Gasteiger partial charge is 0.149 e. The summed E-state index contributed by atoms with van der Waals surface area (Å²) in [4.78, 5) is 4.32. The number of halogens is 2. The van der Waals surface area contributed by atoms with Gasteiger partial charge in [0.25, 0.3) is 0 Å². The van der Waals surface area contributed by atoms with Gasteiger partial charge < -0.3 is 0 Å². The van der Waals surface area contributed by atoms with E-state index in [0.29, 0.717) is 15.9 Å². The molecular weight excluding hydrogens is 225 g/mol. The first-order valence-corrected chi connectivity index (χ1v) is 5.63. The number of rotatable bonds is 1. The summed E-state index contributed by atoms with van der Waals surface area (Å²) in [5.74, 6) is -0.0676. The van der Waals surface area contributed by atoms with Gasteiger partial charge in [-0.2, -0.15) is 0 Å². The molecule has 0 unspecified atom stereocenters. The molecule has 1 aromatic carbocycles. The van der Waals surface area contributed by atoms with Gasteiger partial charge in [0, 0.05) is 11.1 Å². The van der Waals surface area contributed by atoms with E-state index in [1.165, 1.54) is 6.07 Å². The van der Waals surface area contributed by atoms with Gasteiger partial charge in [-0.1, -0.05) is 25.4 Å². The van der Waals surface area contributed by atoms with Crippen LogP contribution < -0.4 is 0 Å². The third-order valence-electron chi connectivity index (χ3n) is 2.57. The fourth-order valence-electron chi connectivity index (χ4n) is 1.70. The molecule has 0 saturated carbocycles. The SMILES string of the molecule is Cc1cc(F)c2nc(C(C)C)cc(Cl)c2c1. The first-order chi connectivity index (χ1) is 7.49. The van der Waals surface area contributed by atoms with Crippen LogP contribution in [0.2, 0.25) is 5.02 Å². The molecule has 0 N–H and O–H groups in total. The minimum atomic E-state index is -0.306. The summed E-state index contributed by atoms with van der Waals surface area (Å²) < 4.78 is 13.7. The van der Waals surface area contributed by atoms with E-state index in [1.807, 2.05) is 32.9 Å². The highest BCUT2D eigenvalue weighted by Crippen LogP contribution is 2.28. The highest BCUT2D eigenvalue weighted by atomic mass is 35.5. The molecule has 0 radical (unpaired) electrons. The summed E-state index contributed by atoms with van der Waals surface area (Å²) >= 11 is 6.14. The number of benzene rings is 1. The zero-order valence-corrected chi connectivity index (χ0v) is 10.3. The molecule has 0 amide bonds. The van der Waals surface area contributed by atoms with Gasteiger partial charge in [-0.3, -0.25) is 0 Å². The molecule has 0 aliphatic rings. The van der Waals surface area contributed by atoms with Crippen molar-refractivity contribution in [2.45, 2.75) is 26.7 Å². The Bertz CT molecular complexity index is 549. The minimum Gasteiger partial charge on any atom is -0.249 e. The maximum absolute atomic E-state index is 13.7. The van der Waals surface area contributed by atoms with Crippen LogP contribution in [0.3, 0.4) is 0 Å². The molecule has 2 rings (SSSR count). The van der Waals surface area contributed by atoms with Crippen molar-refractivity contribution in [3.8, 4) is 0 Å². The van der Waals surface area contributed by atoms with E-state index in [0.717, 1.165) is 11.3 Å². The van der Waals surface area contributed by atoms with E-state index in [1.54, 1.807) is 0 Å². The van der Waals surface area contributed by atoms with Gasteiger partial charge in [-0.25, -0.2) is 9.37 Å². The molecule has 1 aromatic heterocycles. The van der Waals surface area contributed by atoms with Crippen LogP contribution in [0.4, 0.5) is 4.39 Å². The summed E-state index contributed by atoms with van der Waals surface area (Å²) in [6.45, 7) is 5.86. The van der Waals surface area contributed by atoms with Gasteiger partial charge >= 0.3 is 0 Å². The van der Waals surface area contributed by atoms with E-state index in [-0.39, 0.29) is 11.7 Å². The van der Waals surface area contributed by atoms with Gasteiger partial charge in [0.2, 0.25) is 0 Å². The average molecular weight is 238 g/mol. The van der Waals surface area contributed by atoms with Crippen LogP contribution in [0, 0.1) is 12.7 Å². The van der Waals surface area contributed by atoms with Crippen molar-refractivity contribution in [3.63, 3.8) is 0 Å². The standard InChI is InChI=1S/C13H13ClFN/c1-7(2)12-6-10(14)9-4-8(3)5-11(15)13(9)16-12/h4-7H,1-3H3. The average Bonchev–Trinajstić information content (AvgIpc) is 2.19. The summed E-state index contributed by atoms with van der Waals surface area (Å²) in [6.07, 6.45) is 0. The van der Waals surface area contributed by atoms with Crippen molar-refractivity contribution < 1.29 is 4.39 Å². The quantitative estimate of drug-likeness (QED) is 0.714. The molecule has 0 aliphatic carbocycles. The fraction of sp³-hybridized carbons (Fsp3) is 0.308. The van der Waals surface area contributed by atoms with Crippen molar-refractivity contribution in [2.75, 3.05) is 0 Å². The van der Waals surface area contributed by atoms with E-state index < -0.39 is 0 Å². The van der Waals surface area contributed by atoms with Crippen LogP contribution in [-0.2, 0) is 0 Å². The van der Waals surface area contributed by atoms with Crippen molar-refractivity contribution >= 4 is 22.5 Å². The van der Waals surface area contributed by atoms with Crippen molar-refractivity contribution in [3.05, 3.63) is 40.3 Å². The lowest BCUT2D eigenvalue weighted by molar-refractivity contribution is 0.634. The molecule has 2 aromatic rings. The van der Waals surface area contributed by atoms with Crippen molar-refractivity contribution in [1.29, 1.82) is 0 Å². The van der Waals surface area contributed by atoms with Gasteiger partial charge in [0.1, 0.15) is 11.3 Å². The maximum atomic E-state index is 13.7. The number of fused-ring (bicyclic) bond motifs is 1. The third kappa shape index (κ3) is 1.90. The molecule has 1 nitrogen and oxygen atoms in total. The molecule has 1 heterocycles. The third-order valence-corrected chi connectivity index (χ3v) is 2.88. The summed E-state index contributed by atoms with van der Waals surface area (Å²) in [5, 5.41) is 1.25. The van der Waals surface area contributed by atoms with Gasteiger partial charge in [-0.05, 0) is 36.6 Å². The molecule has 0 aliphatic heterocycles. The maximum Gasteiger partial charge on any atom is 0.149 e. The van der Waals surface area contributed by atoms with Crippen molar-refractivity contribution in [1.82, 2.24) is 4.98 Å². The predicted molar refractivity (Wildman–Crippen MR) is 65.5 cm³/mol. The Hall–Kier alpha value is -1.15. The Balaban J connectivity index is 2.82. The molecular formula is C13H13ClFN. The number of aromatic nitrogens is 1. The number of aryl methyl sites for hydroxylation is 1. The second kappa shape index (κ2) is 4.02. The summed E-state index contributed by atoms with van der Waals surface area (Å²) in [7, 11) is 0. The molecule has 0 fully saturated rings. The largest absolute Gasteiger partial charge is 0.249 e. The Morgan fingerprint density at radius 2 is 1.94 bits per heavy atom. The zero-order valence-electron chi connectivity index (χ0n) is 9.51. The van der Waals surface area contributed by atoms with Crippen LogP contribution in [0.1, 0.15) is 31.0 Å². The Labute approximate surface area is 99.3 Å². The highest BCUT2D eigenvalue weighted by molar-refractivity contribution is 6.35. The molecule has 0 bridgehead atoms. The van der Waals surface area contributed by atoms with Crippen LogP contribution in [0.15, 0.2) is 18.2 Å². The van der Waals surface area contributed by atoms with Crippen LogP contribution in [0.5, 0.6) is 0 Å². The number of hydrogen-bond acceptors (Lipinski definition) is 1. The molecule has 84 valence electrons. The molecule has 3 heteroatoms. The molecule has 0 spiro atoms. The topological polar surface area (TPSA) is 12.9 Å². The van der Waals surface area contributed by atoms with Gasteiger partial charge in [-0.15, -0.1) is 0 Å². The van der Waals surface area contributed by atoms with E-state index in [4.69, 9.17) is 11.6 Å². The lowest BCUT2D eigenvalue weighted by Crippen LogP contribution is -1.96. The monoisotopic (exact) mass is 237 g/mol. The Morgan fingerprint density at radius 1 is 1.25 bits per heavy atom. The van der Waals surface area contributed by atoms with E-state index in [9.17, 15) is 4.39 Å². The van der Waals surface area contributed by atoms with Crippen LogP contribution in [0.25, 0.3) is 10.9 Å². The fourth-order valence-corrected chi connectivity index (χ4v) is 1.95. The lowest BCUT2D eigenvalue weighted by Gasteiger charge is -2.09. The van der Waals surface area contributed by atoms with Gasteiger partial charge in [0.15, 0.2) is 0 Å². The second-order valence-corrected chi connectivity index (χ2v) is 4.73. The number of nitrogens with zero attached hydrogens (tertiary/aromatic N) is 1. The van der Waals surface area contributed by atoms with E-state index >= 15 is 0 Å². The van der Waals surface area contributed by atoms with Crippen molar-refractivity contribution in [2.24, 2.45) is 0 Å². The lowest BCUT2D eigenvalue weighted by atomic mass is 10.1. The predicted octanol–water partition coefficient (Wildman–Crippen LogP) is 4.46. The highest BCUT2D eigenvalue weighted by Gasteiger charge is 2.11. The molecule has 16 heavy (non-hydrogen) atoms. The summed E-state index contributed by atoms with van der Waals surface area (Å²) in [6, 6.07) is 5.15. The molecule has 0 saturated heterocycles. The van der Waals surface area contributed by atoms with Crippen LogP contribution in [-0.4, -0.2) is 4.98 Å². The van der Waals surface area contributed by atoms with Gasteiger partial charge in [0.05, 0.1) is 5.02 Å². The first kappa shape index (κ1) is 11.3. The first-order valence-electron chi connectivity index (χ1n) is 5.25. The zero-order chi connectivity index (χ0) is 11.9.